The second-order valence-electron chi connectivity index (χ2n) is 5.59. The molecule has 0 saturated carbocycles. The topological polar surface area (TPSA) is 20.3 Å². The summed E-state index contributed by atoms with van der Waals surface area (Å²) in [7, 11) is 0. The number of carbonyl (C=O) groups excluding carboxylic acids is 1. The molecule has 18 heavy (non-hydrogen) atoms. The van der Waals surface area contributed by atoms with Crippen molar-refractivity contribution in [1.82, 2.24) is 4.90 Å². The Labute approximate surface area is 110 Å². The van der Waals surface area contributed by atoms with E-state index in [1.165, 1.54) is 12.0 Å². The van der Waals surface area contributed by atoms with Crippen LogP contribution in [0, 0.1) is 5.92 Å². The van der Waals surface area contributed by atoms with Crippen LogP contribution in [0.25, 0.3) is 0 Å². The van der Waals surface area contributed by atoms with Crippen molar-refractivity contribution in [2.24, 2.45) is 5.92 Å². The third kappa shape index (κ3) is 2.99. The normalized spacial score (nSPS) is 24.4. The van der Waals surface area contributed by atoms with E-state index in [0.29, 0.717) is 12.6 Å². The number of likely N-dealkylation sites (tertiary alicyclic amines) is 1. The van der Waals surface area contributed by atoms with Crippen LogP contribution in [0.5, 0.6) is 0 Å². The van der Waals surface area contributed by atoms with E-state index in [4.69, 9.17) is 0 Å². The number of carbonyl (C=O) groups is 1. The summed E-state index contributed by atoms with van der Waals surface area (Å²) in [6.45, 7) is 8.23. The van der Waals surface area contributed by atoms with Gasteiger partial charge in [-0.3, -0.25) is 9.69 Å². The van der Waals surface area contributed by atoms with Gasteiger partial charge < -0.3 is 0 Å². The molecule has 98 valence electrons. The van der Waals surface area contributed by atoms with E-state index >= 15 is 0 Å². The van der Waals surface area contributed by atoms with Crippen LogP contribution in [-0.2, 0) is 6.42 Å². The molecule has 2 unspecified atom stereocenters. The van der Waals surface area contributed by atoms with Gasteiger partial charge in [0.1, 0.15) is 0 Å². The quantitative estimate of drug-likeness (QED) is 0.759. The molecule has 1 heterocycles. The van der Waals surface area contributed by atoms with E-state index in [0.717, 1.165) is 24.4 Å². The molecule has 0 amide bonds. The lowest BCUT2D eigenvalue weighted by atomic mass is 10.1. The van der Waals surface area contributed by atoms with E-state index in [-0.39, 0.29) is 5.78 Å². The Bertz CT molecular complexity index is 410. The van der Waals surface area contributed by atoms with Gasteiger partial charge in [0.05, 0.1) is 6.54 Å². The van der Waals surface area contributed by atoms with Crippen LogP contribution < -0.4 is 0 Å². The molecule has 2 rings (SSSR count). The Morgan fingerprint density at radius 1 is 1.28 bits per heavy atom. The minimum absolute atomic E-state index is 0.249. The van der Waals surface area contributed by atoms with E-state index < -0.39 is 0 Å². The first-order valence-electron chi connectivity index (χ1n) is 6.96. The molecular weight excluding hydrogens is 222 g/mol. The van der Waals surface area contributed by atoms with Gasteiger partial charge in [-0.2, -0.15) is 0 Å². The average Bonchev–Trinajstić information content (AvgIpc) is 2.68. The average molecular weight is 245 g/mol. The van der Waals surface area contributed by atoms with Crippen LogP contribution in [0.2, 0.25) is 0 Å². The largest absolute Gasteiger partial charge is 0.293 e. The zero-order valence-corrected chi connectivity index (χ0v) is 11.6. The second-order valence-corrected chi connectivity index (χ2v) is 5.59. The maximum Gasteiger partial charge on any atom is 0.176 e. The highest BCUT2D eigenvalue weighted by molar-refractivity contribution is 5.97. The number of rotatable bonds is 4. The van der Waals surface area contributed by atoms with Gasteiger partial charge in [-0.25, -0.2) is 0 Å². The predicted octanol–water partition coefficient (Wildman–Crippen LogP) is 3.16. The van der Waals surface area contributed by atoms with Crippen molar-refractivity contribution in [3.63, 3.8) is 0 Å². The zero-order chi connectivity index (χ0) is 13.1. The van der Waals surface area contributed by atoms with E-state index in [1.807, 2.05) is 12.1 Å². The molecule has 0 bridgehead atoms. The number of nitrogens with zero attached hydrogens (tertiary/aromatic N) is 1. The van der Waals surface area contributed by atoms with Gasteiger partial charge in [0.25, 0.3) is 0 Å². The SMILES string of the molecule is CCc1ccc(C(=O)CN2CC(C)CC2C)cc1. The molecule has 1 aliphatic heterocycles. The summed E-state index contributed by atoms with van der Waals surface area (Å²) in [5, 5.41) is 0. The first-order chi connectivity index (χ1) is 8.60. The van der Waals surface area contributed by atoms with Crippen molar-refractivity contribution in [3.05, 3.63) is 35.4 Å². The molecule has 2 atom stereocenters. The fourth-order valence-electron chi connectivity index (χ4n) is 2.81. The third-order valence-corrected chi connectivity index (χ3v) is 3.94. The molecule has 0 aromatic heterocycles. The summed E-state index contributed by atoms with van der Waals surface area (Å²) in [5.74, 6) is 0.967. The highest BCUT2D eigenvalue weighted by Gasteiger charge is 2.27. The van der Waals surface area contributed by atoms with Gasteiger partial charge in [-0.15, -0.1) is 0 Å². The van der Waals surface area contributed by atoms with Gasteiger partial charge in [0.15, 0.2) is 5.78 Å². The highest BCUT2D eigenvalue weighted by atomic mass is 16.1. The van der Waals surface area contributed by atoms with E-state index in [9.17, 15) is 4.79 Å². The fourth-order valence-corrected chi connectivity index (χ4v) is 2.81. The Hall–Kier alpha value is -1.15. The minimum atomic E-state index is 0.249. The number of hydrogen-bond donors (Lipinski definition) is 0. The van der Waals surface area contributed by atoms with Crippen LogP contribution in [-0.4, -0.2) is 29.8 Å². The number of benzene rings is 1. The minimum Gasteiger partial charge on any atom is -0.293 e. The Balaban J connectivity index is 1.98. The van der Waals surface area contributed by atoms with Gasteiger partial charge in [-0.05, 0) is 31.2 Å². The summed E-state index contributed by atoms with van der Waals surface area (Å²) >= 11 is 0. The first-order valence-corrected chi connectivity index (χ1v) is 6.96. The fraction of sp³-hybridized carbons (Fsp3) is 0.562. The molecular formula is C16H23NO. The molecule has 0 aliphatic carbocycles. The maximum atomic E-state index is 12.2. The van der Waals surface area contributed by atoms with Crippen LogP contribution in [0.3, 0.4) is 0 Å². The van der Waals surface area contributed by atoms with Gasteiger partial charge >= 0.3 is 0 Å². The van der Waals surface area contributed by atoms with Crippen molar-refractivity contribution < 1.29 is 4.79 Å². The van der Waals surface area contributed by atoms with Crippen molar-refractivity contribution in [2.75, 3.05) is 13.1 Å². The molecule has 0 radical (unpaired) electrons. The summed E-state index contributed by atoms with van der Waals surface area (Å²) in [6, 6.07) is 8.59. The highest BCUT2D eigenvalue weighted by Crippen LogP contribution is 2.22. The number of aryl methyl sites for hydroxylation is 1. The molecule has 2 nitrogen and oxygen atoms in total. The van der Waals surface area contributed by atoms with Crippen LogP contribution in [0.15, 0.2) is 24.3 Å². The first kappa shape index (κ1) is 13.3. The monoisotopic (exact) mass is 245 g/mol. The summed E-state index contributed by atoms with van der Waals surface area (Å²) < 4.78 is 0. The van der Waals surface area contributed by atoms with Crippen molar-refractivity contribution in [2.45, 2.75) is 39.7 Å². The zero-order valence-electron chi connectivity index (χ0n) is 11.6. The molecule has 2 heteroatoms. The molecule has 0 N–H and O–H groups in total. The number of hydrogen-bond acceptors (Lipinski definition) is 2. The lowest BCUT2D eigenvalue weighted by Crippen LogP contribution is -2.32. The molecule has 1 aromatic rings. The van der Waals surface area contributed by atoms with Gasteiger partial charge in [0.2, 0.25) is 0 Å². The summed E-state index contributed by atoms with van der Waals surface area (Å²) in [6.07, 6.45) is 2.23. The summed E-state index contributed by atoms with van der Waals surface area (Å²) in [5.41, 5.74) is 2.13. The van der Waals surface area contributed by atoms with Crippen LogP contribution in [0.4, 0.5) is 0 Å². The van der Waals surface area contributed by atoms with E-state index in [1.54, 1.807) is 0 Å². The Morgan fingerprint density at radius 3 is 2.44 bits per heavy atom. The molecule has 1 aromatic carbocycles. The maximum absolute atomic E-state index is 12.2. The van der Waals surface area contributed by atoms with Crippen LogP contribution in [0.1, 0.15) is 43.1 Å². The molecule has 1 aliphatic rings. The predicted molar refractivity (Wildman–Crippen MR) is 75.0 cm³/mol. The lowest BCUT2D eigenvalue weighted by molar-refractivity contribution is 0.0925. The smallest absolute Gasteiger partial charge is 0.176 e. The van der Waals surface area contributed by atoms with Crippen molar-refractivity contribution in [3.8, 4) is 0 Å². The second kappa shape index (κ2) is 5.66. The van der Waals surface area contributed by atoms with Gasteiger partial charge in [0, 0.05) is 18.2 Å². The molecule has 1 fully saturated rings. The standard InChI is InChI=1S/C16H23NO/c1-4-14-5-7-15(8-6-14)16(18)11-17-10-12(2)9-13(17)3/h5-8,12-13H,4,9-11H2,1-3H3. The number of ketones is 1. The number of Topliss-reactive ketones (excluding diaryl/α,β-unsaturated/α-hetero) is 1. The summed E-state index contributed by atoms with van der Waals surface area (Å²) in [4.78, 5) is 14.5. The van der Waals surface area contributed by atoms with E-state index in [2.05, 4.69) is 37.8 Å². The van der Waals surface area contributed by atoms with Gasteiger partial charge in [-0.1, -0.05) is 38.1 Å². The Kier molecular flexibility index (Phi) is 4.18. The molecule has 0 spiro atoms. The Morgan fingerprint density at radius 2 is 1.94 bits per heavy atom. The van der Waals surface area contributed by atoms with Crippen LogP contribution >= 0.6 is 0 Å². The van der Waals surface area contributed by atoms with Crippen molar-refractivity contribution in [1.29, 1.82) is 0 Å². The lowest BCUT2D eigenvalue weighted by Gasteiger charge is -2.19. The van der Waals surface area contributed by atoms with Crippen molar-refractivity contribution >= 4 is 5.78 Å². The molecule has 1 saturated heterocycles. The third-order valence-electron chi connectivity index (χ3n) is 3.94.